The van der Waals surface area contributed by atoms with Crippen LogP contribution in [0.2, 0.25) is 10.0 Å². The number of hydrogen-bond acceptors (Lipinski definition) is 2. The molecule has 19 heavy (non-hydrogen) atoms. The molecule has 1 rings (SSSR count). The van der Waals surface area contributed by atoms with Gasteiger partial charge in [0.2, 0.25) is 0 Å². The Morgan fingerprint density at radius 1 is 1.32 bits per heavy atom. The maximum atomic E-state index is 6.29. The molecule has 0 aromatic heterocycles. The molecule has 0 amide bonds. The van der Waals surface area contributed by atoms with Gasteiger partial charge < -0.3 is 10.1 Å². The van der Waals surface area contributed by atoms with E-state index in [0.29, 0.717) is 10.0 Å². The van der Waals surface area contributed by atoms with Crippen LogP contribution in [0.25, 0.3) is 0 Å². The zero-order chi connectivity index (χ0) is 14.5. The predicted molar refractivity (Wildman–Crippen MR) is 83.2 cm³/mol. The van der Waals surface area contributed by atoms with Gasteiger partial charge in [0.15, 0.2) is 0 Å². The summed E-state index contributed by atoms with van der Waals surface area (Å²) in [5.41, 5.74) is 0.979. The van der Waals surface area contributed by atoms with Gasteiger partial charge in [0.25, 0.3) is 0 Å². The van der Waals surface area contributed by atoms with Crippen LogP contribution >= 0.6 is 23.2 Å². The number of rotatable bonds is 7. The van der Waals surface area contributed by atoms with Crippen LogP contribution in [0.5, 0.6) is 0 Å². The molecule has 0 aliphatic heterocycles. The van der Waals surface area contributed by atoms with Gasteiger partial charge >= 0.3 is 0 Å². The Morgan fingerprint density at radius 3 is 2.53 bits per heavy atom. The predicted octanol–water partition coefficient (Wildman–Crippen LogP) is 4.85. The highest BCUT2D eigenvalue weighted by Crippen LogP contribution is 2.30. The first-order valence-electron chi connectivity index (χ1n) is 6.63. The van der Waals surface area contributed by atoms with Crippen LogP contribution < -0.4 is 5.32 Å². The molecule has 0 heterocycles. The molecule has 1 N–H and O–H groups in total. The van der Waals surface area contributed by atoms with Crippen LogP contribution in [0.4, 0.5) is 0 Å². The van der Waals surface area contributed by atoms with E-state index in [9.17, 15) is 0 Å². The second kappa shape index (κ2) is 7.49. The average Bonchev–Trinajstić information content (AvgIpc) is 2.35. The van der Waals surface area contributed by atoms with Crippen molar-refractivity contribution >= 4 is 23.2 Å². The van der Waals surface area contributed by atoms with E-state index in [2.05, 4.69) is 26.1 Å². The molecule has 108 valence electrons. The molecule has 0 fully saturated rings. The lowest BCUT2D eigenvalue weighted by Gasteiger charge is -2.27. The van der Waals surface area contributed by atoms with Crippen molar-refractivity contribution in [2.24, 2.45) is 0 Å². The number of nitrogens with one attached hydrogen (secondary N) is 1. The normalized spacial score (nSPS) is 13.6. The molecule has 0 saturated carbocycles. The number of halogens is 2. The maximum Gasteiger partial charge on any atom is 0.0623 e. The molecular weight excluding hydrogens is 281 g/mol. The summed E-state index contributed by atoms with van der Waals surface area (Å²) in [5, 5.41) is 4.86. The Morgan fingerprint density at radius 2 is 2.00 bits per heavy atom. The number of methoxy groups -OCH3 is 1. The average molecular weight is 304 g/mol. The molecule has 0 radical (unpaired) electrons. The maximum absolute atomic E-state index is 6.29. The van der Waals surface area contributed by atoms with Crippen LogP contribution in [0.1, 0.15) is 45.2 Å². The summed E-state index contributed by atoms with van der Waals surface area (Å²) in [6.07, 6.45) is 1.93. The van der Waals surface area contributed by atoms with Crippen molar-refractivity contribution < 1.29 is 4.74 Å². The van der Waals surface area contributed by atoms with Crippen molar-refractivity contribution in [1.82, 2.24) is 5.32 Å². The monoisotopic (exact) mass is 303 g/mol. The SMILES string of the molecule is CCNC(CCC(C)(C)OC)c1ccc(Cl)cc1Cl. The Labute approximate surface area is 126 Å². The first-order chi connectivity index (χ1) is 8.89. The van der Waals surface area contributed by atoms with Gasteiger partial charge in [-0.3, -0.25) is 0 Å². The molecule has 1 atom stereocenters. The van der Waals surface area contributed by atoms with E-state index >= 15 is 0 Å². The molecule has 0 spiro atoms. The Bertz CT molecular complexity index is 407. The molecule has 1 unspecified atom stereocenters. The van der Waals surface area contributed by atoms with Gasteiger partial charge in [-0.1, -0.05) is 36.2 Å². The second-order valence-corrected chi connectivity index (χ2v) is 6.12. The summed E-state index contributed by atoms with van der Waals surface area (Å²) in [7, 11) is 1.75. The van der Waals surface area contributed by atoms with Crippen LogP contribution in [0.3, 0.4) is 0 Å². The van der Waals surface area contributed by atoms with Gasteiger partial charge in [0, 0.05) is 23.2 Å². The number of benzene rings is 1. The van der Waals surface area contributed by atoms with Gasteiger partial charge in [-0.25, -0.2) is 0 Å². The minimum absolute atomic E-state index is 0.118. The van der Waals surface area contributed by atoms with Gasteiger partial charge in [-0.2, -0.15) is 0 Å². The summed E-state index contributed by atoms with van der Waals surface area (Å²) < 4.78 is 5.47. The van der Waals surface area contributed by atoms with Gasteiger partial charge in [0.1, 0.15) is 0 Å². The standard InChI is InChI=1S/C15H23Cl2NO/c1-5-18-14(8-9-15(2,3)19-4)12-7-6-11(16)10-13(12)17/h6-7,10,14,18H,5,8-9H2,1-4H3. The third-order valence-electron chi connectivity index (χ3n) is 3.38. The van der Waals surface area contributed by atoms with E-state index in [0.717, 1.165) is 24.9 Å². The molecular formula is C15H23Cl2NO. The van der Waals surface area contributed by atoms with Crippen LogP contribution in [0, 0.1) is 0 Å². The fraction of sp³-hybridized carbons (Fsp3) is 0.600. The van der Waals surface area contributed by atoms with Crippen molar-refractivity contribution in [3.8, 4) is 0 Å². The zero-order valence-electron chi connectivity index (χ0n) is 12.1. The van der Waals surface area contributed by atoms with E-state index < -0.39 is 0 Å². The van der Waals surface area contributed by atoms with E-state index in [4.69, 9.17) is 27.9 Å². The fourth-order valence-corrected chi connectivity index (χ4v) is 2.53. The number of hydrogen-bond donors (Lipinski definition) is 1. The van der Waals surface area contributed by atoms with Crippen molar-refractivity contribution in [1.29, 1.82) is 0 Å². The zero-order valence-corrected chi connectivity index (χ0v) is 13.6. The first kappa shape index (κ1) is 16.8. The summed E-state index contributed by atoms with van der Waals surface area (Å²) in [4.78, 5) is 0. The summed E-state index contributed by atoms with van der Waals surface area (Å²) in [5.74, 6) is 0. The van der Waals surface area contributed by atoms with E-state index in [1.54, 1.807) is 13.2 Å². The lowest BCUT2D eigenvalue weighted by Crippen LogP contribution is -2.27. The quantitative estimate of drug-likeness (QED) is 0.777. The number of ether oxygens (including phenoxy) is 1. The highest BCUT2D eigenvalue weighted by molar-refractivity contribution is 6.35. The largest absolute Gasteiger partial charge is 0.379 e. The topological polar surface area (TPSA) is 21.3 Å². The minimum atomic E-state index is -0.118. The fourth-order valence-electron chi connectivity index (χ4n) is 1.99. The first-order valence-corrected chi connectivity index (χ1v) is 7.38. The highest BCUT2D eigenvalue weighted by Gasteiger charge is 2.21. The molecule has 4 heteroatoms. The van der Waals surface area contributed by atoms with Crippen molar-refractivity contribution in [2.45, 2.75) is 45.3 Å². The molecule has 0 aliphatic rings. The van der Waals surface area contributed by atoms with Gasteiger partial charge in [0.05, 0.1) is 5.60 Å². The van der Waals surface area contributed by atoms with Crippen LogP contribution in [0.15, 0.2) is 18.2 Å². The van der Waals surface area contributed by atoms with E-state index in [1.165, 1.54) is 0 Å². The Kier molecular flexibility index (Phi) is 6.61. The van der Waals surface area contributed by atoms with Gasteiger partial charge in [-0.15, -0.1) is 0 Å². The summed E-state index contributed by atoms with van der Waals surface area (Å²) >= 11 is 12.2. The molecule has 1 aromatic carbocycles. The Balaban J connectivity index is 2.82. The second-order valence-electron chi connectivity index (χ2n) is 5.28. The van der Waals surface area contributed by atoms with Crippen LogP contribution in [-0.4, -0.2) is 19.3 Å². The molecule has 2 nitrogen and oxygen atoms in total. The highest BCUT2D eigenvalue weighted by atomic mass is 35.5. The summed E-state index contributed by atoms with van der Waals surface area (Å²) in [6.45, 7) is 7.19. The molecule has 0 aliphatic carbocycles. The van der Waals surface area contributed by atoms with Crippen LogP contribution in [-0.2, 0) is 4.74 Å². The van der Waals surface area contributed by atoms with Crippen molar-refractivity contribution in [2.75, 3.05) is 13.7 Å². The summed E-state index contributed by atoms with van der Waals surface area (Å²) in [6, 6.07) is 5.90. The van der Waals surface area contributed by atoms with E-state index in [-0.39, 0.29) is 11.6 Å². The lowest BCUT2D eigenvalue weighted by molar-refractivity contribution is 0.0117. The molecule has 1 aromatic rings. The van der Waals surface area contributed by atoms with Crippen molar-refractivity contribution in [3.05, 3.63) is 33.8 Å². The molecule has 0 saturated heterocycles. The lowest BCUT2D eigenvalue weighted by atomic mass is 9.95. The smallest absolute Gasteiger partial charge is 0.0623 e. The Hall–Kier alpha value is -0.280. The molecule has 0 bridgehead atoms. The third kappa shape index (κ3) is 5.31. The van der Waals surface area contributed by atoms with Crippen molar-refractivity contribution in [3.63, 3.8) is 0 Å². The van der Waals surface area contributed by atoms with E-state index in [1.807, 2.05) is 12.1 Å². The minimum Gasteiger partial charge on any atom is -0.379 e. The third-order valence-corrected chi connectivity index (χ3v) is 3.94. The van der Waals surface area contributed by atoms with Gasteiger partial charge in [-0.05, 0) is 50.9 Å².